The van der Waals surface area contributed by atoms with Gasteiger partial charge in [0.05, 0.1) is 0 Å². The second-order valence-electron chi connectivity index (χ2n) is 2.23. The monoisotopic (exact) mass is 197 g/mol. The first-order valence-corrected chi connectivity index (χ1v) is 3.98. The molecule has 0 radical (unpaired) electrons. The van der Waals surface area contributed by atoms with Gasteiger partial charge in [-0.1, -0.05) is 0 Å². The normalized spacial score (nSPS) is 16.5. The van der Waals surface area contributed by atoms with Crippen LogP contribution in [0.4, 0.5) is 0 Å². The third kappa shape index (κ3) is 2.49. The van der Waals surface area contributed by atoms with E-state index in [0.29, 0.717) is 12.2 Å². The number of esters is 1. The minimum atomic E-state index is -0.767. The lowest BCUT2D eigenvalue weighted by atomic mass is 10.2. The Balaban J connectivity index is 2.62. The minimum Gasteiger partial charge on any atom is -0.372 e. The van der Waals surface area contributed by atoms with E-state index in [2.05, 4.69) is 27.7 Å². The Morgan fingerprint density at radius 1 is 1.92 bits per heavy atom. The molecule has 0 aromatic rings. The van der Waals surface area contributed by atoms with Crippen molar-refractivity contribution in [2.24, 2.45) is 4.99 Å². The summed E-state index contributed by atoms with van der Waals surface area (Å²) in [5.41, 5.74) is 0.579. The van der Waals surface area contributed by atoms with Crippen LogP contribution in [0, 0.1) is 11.5 Å². The Labute approximate surface area is 80.5 Å². The van der Waals surface area contributed by atoms with E-state index in [4.69, 9.17) is 5.26 Å². The van der Waals surface area contributed by atoms with Gasteiger partial charge in [0, 0.05) is 18.0 Å². The van der Waals surface area contributed by atoms with Crippen molar-refractivity contribution in [2.75, 3.05) is 6.67 Å². The van der Waals surface area contributed by atoms with Gasteiger partial charge in [0.15, 0.2) is 0 Å². The second kappa shape index (κ2) is 4.52. The molecule has 1 rings (SSSR count). The van der Waals surface area contributed by atoms with Gasteiger partial charge in [-0.25, -0.2) is 4.79 Å². The van der Waals surface area contributed by atoms with Gasteiger partial charge in [0.1, 0.15) is 11.9 Å². The van der Waals surface area contributed by atoms with Crippen molar-refractivity contribution in [3.8, 4) is 6.26 Å². The van der Waals surface area contributed by atoms with Crippen molar-refractivity contribution in [2.45, 2.75) is 5.25 Å². The van der Waals surface area contributed by atoms with Gasteiger partial charge in [0.25, 0.3) is 6.26 Å². The number of nitrogens with one attached hydrogen (secondary N) is 1. The van der Waals surface area contributed by atoms with Crippen LogP contribution in [-0.4, -0.2) is 24.1 Å². The van der Waals surface area contributed by atoms with Gasteiger partial charge < -0.3 is 10.1 Å². The number of carbonyl (C=O) groups excluding carboxylic acids is 1. The van der Waals surface area contributed by atoms with Crippen LogP contribution in [0.5, 0.6) is 0 Å². The maximum absolute atomic E-state index is 11.0. The average Bonchev–Trinajstić information content (AvgIpc) is 2.18. The number of ether oxygens (including phenoxy) is 1. The molecule has 0 saturated carbocycles. The third-order valence-electron chi connectivity index (χ3n) is 1.38. The molecule has 6 heteroatoms. The predicted molar refractivity (Wildman–Crippen MR) is 49.1 cm³/mol. The third-order valence-corrected chi connectivity index (χ3v) is 1.89. The standard InChI is InChI=1S/C7H7N3O2S/c8-3-12-7(11)6(13)5-1-9-4-10-2-5/h1-2,6,9,13H,4H2. The fourth-order valence-corrected chi connectivity index (χ4v) is 0.985. The highest BCUT2D eigenvalue weighted by atomic mass is 32.1. The molecule has 0 aromatic carbocycles. The predicted octanol–water partition coefficient (Wildman–Crippen LogP) is -0.176. The lowest BCUT2D eigenvalue weighted by Gasteiger charge is -2.11. The summed E-state index contributed by atoms with van der Waals surface area (Å²) in [6, 6.07) is 0. The Bertz CT molecular complexity index is 305. The molecule has 0 amide bonds. The van der Waals surface area contributed by atoms with Crippen LogP contribution >= 0.6 is 12.6 Å². The molecule has 1 N–H and O–H groups in total. The molecule has 1 unspecified atom stereocenters. The summed E-state index contributed by atoms with van der Waals surface area (Å²) in [4.78, 5) is 14.9. The smallest absolute Gasteiger partial charge is 0.338 e. The molecule has 0 bridgehead atoms. The van der Waals surface area contributed by atoms with Crippen LogP contribution in [0.1, 0.15) is 0 Å². The molecule has 0 aromatic heterocycles. The number of thiol groups is 1. The molecule has 13 heavy (non-hydrogen) atoms. The molecule has 0 aliphatic carbocycles. The molecule has 0 fully saturated rings. The Kier molecular flexibility index (Phi) is 3.34. The molecule has 0 spiro atoms. The van der Waals surface area contributed by atoms with E-state index in [1.54, 1.807) is 6.20 Å². The first kappa shape index (κ1) is 9.61. The van der Waals surface area contributed by atoms with E-state index in [0.717, 1.165) is 0 Å². The zero-order valence-electron chi connectivity index (χ0n) is 6.60. The number of aliphatic imine (C=N–C) groups is 1. The van der Waals surface area contributed by atoms with E-state index in [1.807, 2.05) is 0 Å². The van der Waals surface area contributed by atoms with Crippen molar-refractivity contribution in [1.29, 1.82) is 5.26 Å². The van der Waals surface area contributed by atoms with Gasteiger partial charge in [-0.3, -0.25) is 4.99 Å². The number of carbonyl (C=O) groups is 1. The van der Waals surface area contributed by atoms with Crippen LogP contribution in [0.3, 0.4) is 0 Å². The summed E-state index contributed by atoms with van der Waals surface area (Å²) in [5, 5.41) is 10.1. The number of nitrogens with zero attached hydrogens (tertiary/aromatic N) is 2. The first-order chi connectivity index (χ1) is 6.25. The lowest BCUT2D eigenvalue weighted by Crippen LogP contribution is -2.24. The largest absolute Gasteiger partial charge is 0.372 e. The van der Waals surface area contributed by atoms with Crippen molar-refractivity contribution in [1.82, 2.24) is 5.32 Å². The zero-order chi connectivity index (χ0) is 9.68. The van der Waals surface area contributed by atoms with E-state index in [1.165, 1.54) is 12.5 Å². The second-order valence-corrected chi connectivity index (χ2v) is 2.75. The molecular weight excluding hydrogens is 190 g/mol. The maximum Gasteiger partial charge on any atom is 0.338 e. The number of nitriles is 1. The SMILES string of the molecule is N#COC(=O)C(S)C1=CNCN=C1. The number of rotatable bonds is 2. The van der Waals surface area contributed by atoms with Crippen LogP contribution in [0.15, 0.2) is 16.8 Å². The van der Waals surface area contributed by atoms with Gasteiger partial charge >= 0.3 is 5.97 Å². The first-order valence-electron chi connectivity index (χ1n) is 3.47. The molecule has 5 nitrogen and oxygen atoms in total. The van der Waals surface area contributed by atoms with Crippen molar-refractivity contribution in [3.05, 3.63) is 11.8 Å². The fraction of sp³-hybridized carbons (Fsp3) is 0.286. The van der Waals surface area contributed by atoms with E-state index in [-0.39, 0.29) is 0 Å². The van der Waals surface area contributed by atoms with Gasteiger partial charge in [-0.2, -0.15) is 12.6 Å². The van der Waals surface area contributed by atoms with Gasteiger partial charge in [0.2, 0.25) is 0 Å². The van der Waals surface area contributed by atoms with E-state index < -0.39 is 11.2 Å². The molecule has 0 saturated heterocycles. The number of hydrogen-bond acceptors (Lipinski definition) is 6. The van der Waals surface area contributed by atoms with E-state index in [9.17, 15) is 4.79 Å². The maximum atomic E-state index is 11.0. The average molecular weight is 197 g/mol. The highest BCUT2D eigenvalue weighted by molar-refractivity contribution is 7.82. The van der Waals surface area contributed by atoms with Crippen LogP contribution in [-0.2, 0) is 9.53 Å². The summed E-state index contributed by atoms with van der Waals surface area (Å²) in [5.74, 6) is -0.702. The van der Waals surface area contributed by atoms with E-state index >= 15 is 0 Å². The van der Waals surface area contributed by atoms with Crippen molar-refractivity contribution < 1.29 is 9.53 Å². The molecule has 1 heterocycles. The molecule has 1 aliphatic heterocycles. The summed E-state index contributed by atoms with van der Waals surface area (Å²) in [7, 11) is 0. The van der Waals surface area contributed by atoms with Crippen molar-refractivity contribution >= 4 is 24.8 Å². The van der Waals surface area contributed by atoms with Crippen LogP contribution in [0.2, 0.25) is 0 Å². The Morgan fingerprint density at radius 3 is 3.23 bits per heavy atom. The summed E-state index contributed by atoms with van der Waals surface area (Å²) < 4.78 is 4.12. The van der Waals surface area contributed by atoms with Crippen LogP contribution in [0.25, 0.3) is 0 Å². The molecular formula is C7H7N3O2S. The molecule has 1 atom stereocenters. The fourth-order valence-electron chi connectivity index (χ4n) is 0.791. The lowest BCUT2D eigenvalue weighted by molar-refractivity contribution is -0.135. The summed E-state index contributed by atoms with van der Waals surface area (Å²) in [6.45, 7) is 0.483. The topological polar surface area (TPSA) is 74.5 Å². The zero-order valence-corrected chi connectivity index (χ0v) is 7.49. The van der Waals surface area contributed by atoms with Gasteiger partial charge in [-0.05, 0) is 0 Å². The van der Waals surface area contributed by atoms with Crippen molar-refractivity contribution in [3.63, 3.8) is 0 Å². The molecule has 68 valence electrons. The van der Waals surface area contributed by atoms with Crippen LogP contribution < -0.4 is 5.32 Å². The van der Waals surface area contributed by atoms with Gasteiger partial charge in [-0.15, -0.1) is 5.26 Å². The Morgan fingerprint density at radius 2 is 2.69 bits per heavy atom. The molecule has 1 aliphatic rings. The highest BCUT2D eigenvalue weighted by Gasteiger charge is 2.20. The quantitative estimate of drug-likeness (QED) is 0.366. The number of hydrogen-bond donors (Lipinski definition) is 2. The summed E-state index contributed by atoms with van der Waals surface area (Å²) >= 11 is 3.98. The minimum absolute atomic E-state index is 0.483. The highest BCUT2D eigenvalue weighted by Crippen LogP contribution is 2.10. The summed E-state index contributed by atoms with van der Waals surface area (Å²) in [6.07, 6.45) is 4.43. The Hall–Kier alpha value is -1.48.